The fraction of sp³-hybridized carbons (Fsp3) is 0.0938. The highest BCUT2D eigenvalue weighted by Crippen LogP contribution is 2.29. The molecule has 6 nitrogen and oxygen atoms in total. The van der Waals surface area contributed by atoms with Gasteiger partial charge in [-0.3, -0.25) is 14.4 Å². The van der Waals surface area contributed by atoms with Crippen molar-refractivity contribution in [3.8, 4) is 0 Å². The Labute approximate surface area is 250 Å². The maximum Gasteiger partial charge on any atom is 0.272 e. The van der Waals surface area contributed by atoms with Gasteiger partial charge >= 0.3 is 0 Å². The summed E-state index contributed by atoms with van der Waals surface area (Å²) in [5, 5.41) is 7.99. The summed E-state index contributed by atoms with van der Waals surface area (Å²) in [5.74, 6) is -1.49. The normalized spacial score (nSPS) is 11.8. The summed E-state index contributed by atoms with van der Waals surface area (Å²) >= 11 is 4.76. The first-order valence-corrected chi connectivity index (χ1v) is 14.5. The zero-order valence-corrected chi connectivity index (χ0v) is 24.5. The van der Waals surface area contributed by atoms with E-state index in [-0.39, 0.29) is 17.4 Å². The van der Waals surface area contributed by atoms with E-state index >= 15 is 0 Å². The molecule has 0 heterocycles. The molecule has 4 rings (SSSR count). The van der Waals surface area contributed by atoms with E-state index in [1.807, 2.05) is 43.3 Å². The van der Waals surface area contributed by atoms with Crippen LogP contribution in [0.4, 0.5) is 15.8 Å². The van der Waals surface area contributed by atoms with Gasteiger partial charge in [-0.05, 0) is 84.8 Å². The molecular weight excluding hydrogens is 605 g/mol. The average Bonchev–Trinajstić information content (AvgIpc) is 2.98. The minimum absolute atomic E-state index is 0.0735. The molecule has 0 aliphatic carbocycles. The molecule has 0 aromatic heterocycles. The summed E-state index contributed by atoms with van der Waals surface area (Å²) < 4.78 is 14.1. The maximum absolute atomic E-state index is 13.4. The first kappa shape index (κ1) is 29.8. The Hall–Kier alpha value is -4.21. The smallest absolute Gasteiger partial charge is 0.272 e. The highest BCUT2D eigenvalue weighted by Gasteiger charge is 2.19. The van der Waals surface area contributed by atoms with Crippen LogP contribution in [0.5, 0.6) is 0 Å². The average molecular weight is 633 g/mol. The number of carbonyl (C=O) groups is 3. The molecule has 9 heteroatoms. The molecule has 0 radical (unpaired) electrons. The molecule has 208 valence electrons. The minimum atomic E-state index is -0.500. The molecule has 0 saturated carbocycles. The van der Waals surface area contributed by atoms with Gasteiger partial charge in [-0.15, -0.1) is 11.8 Å². The van der Waals surface area contributed by atoms with E-state index in [4.69, 9.17) is 0 Å². The van der Waals surface area contributed by atoms with Crippen molar-refractivity contribution in [1.29, 1.82) is 0 Å². The molecule has 0 bridgehead atoms. The fourth-order valence-corrected chi connectivity index (χ4v) is 5.03. The summed E-state index contributed by atoms with van der Waals surface area (Å²) in [6.07, 6.45) is 2.16. The van der Waals surface area contributed by atoms with Gasteiger partial charge in [-0.25, -0.2) is 4.39 Å². The van der Waals surface area contributed by atoms with Crippen LogP contribution < -0.4 is 16.0 Å². The lowest BCUT2D eigenvalue weighted by Gasteiger charge is -2.16. The summed E-state index contributed by atoms with van der Waals surface area (Å²) in [6.45, 7) is 1.90. The molecule has 0 saturated heterocycles. The Bertz CT molecular complexity index is 1540. The van der Waals surface area contributed by atoms with Crippen LogP contribution in [0.1, 0.15) is 29.3 Å². The van der Waals surface area contributed by atoms with Crippen LogP contribution >= 0.6 is 27.7 Å². The van der Waals surface area contributed by atoms with Crippen molar-refractivity contribution in [2.45, 2.75) is 23.5 Å². The standard InChI is InChI=1S/C32H27BrFN3O3S/c1-2-29(32(40)35-25-17-15-24(34)16-18-25)41-27-10-6-9-26(20-27)36-31(39)28(19-21-11-13-23(33)14-12-21)37-30(38)22-7-4-3-5-8-22/h3-20,29H,2H2,1H3,(H,35,40)(H,36,39)(H,37,38)/b28-19-. The molecule has 4 aromatic carbocycles. The summed E-state index contributed by atoms with van der Waals surface area (Å²) in [5.41, 5.74) is 2.24. The quantitative estimate of drug-likeness (QED) is 0.125. The number of hydrogen-bond donors (Lipinski definition) is 3. The van der Waals surface area contributed by atoms with E-state index in [1.165, 1.54) is 36.0 Å². The molecule has 1 unspecified atom stereocenters. The van der Waals surface area contributed by atoms with Gasteiger partial charge in [0.15, 0.2) is 0 Å². The van der Waals surface area contributed by atoms with Gasteiger partial charge in [0, 0.05) is 26.3 Å². The summed E-state index contributed by atoms with van der Waals surface area (Å²) in [7, 11) is 0. The first-order chi connectivity index (χ1) is 19.8. The van der Waals surface area contributed by atoms with Crippen LogP contribution in [-0.2, 0) is 9.59 Å². The van der Waals surface area contributed by atoms with E-state index in [1.54, 1.807) is 48.5 Å². The van der Waals surface area contributed by atoms with Gasteiger partial charge in [0.25, 0.3) is 11.8 Å². The highest BCUT2D eigenvalue weighted by atomic mass is 79.9. The Morgan fingerprint density at radius 3 is 2.24 bits per heavy atom. The highest BCUT2D eigenvalue weighted by molar-refractivity contribution is 9.10. The molecule has 4 aromatic rings. The Morgan fingerprint density at radius 2 is 1.56 bits per heavy atom. The van der Waals surface area contributed by atoms with E-state index in [2.05, 4.69) is 31.9 Å². The number of carbonyl (C=O) groups excluding carboxylic acids is 3. The van der Waals surface area contributed by atoms with Crippen LogP contribution in [0.15, 0.2) is 118 Å². The molecule has 1 atom stereocenters. The number of hydrogen-bond acceptors (Lipinski definition) is 4. The van der Waals surface area contributed by atoms with Gasteiger partial charge in [0.2, 0.25) is 5.91 Å². The van der Waals surface area contributed by atoms with Gasteiger partial charge in [0.1, 0.15) is 11.5 Å². The van der Waals surface area contributed by atoms with Crippen molar-refractivity contribution in [1.82, 2.24) is 5.32 Å². The van der Waals surface area contributed by atoms with E-state index in [9.17, 15) is 18.8 Å². The number of thioether (sulfide) groups is 1. The Morgan fingerprint density at radius 1 is 0.854 bits per heavy atom. The van der Waals surface area contributed by atoms with Gasteiger partial charge in [-0.1, -0.05) is 59.3 Å². The molecule has 41 heavy (non-hydrogen) atoms. The van der Waals surface area contributed by atoms with Crippen molar-refractivity contribution in [2.75, 3.05) is 10.6 Å². The third kappa shape index (κ3) is 8.89. The topological polar surface area (TPSA) is 87.3 Å². The third-order valence-corrected chi connectivity index (χ3v) is 7.74. The van der Waals surface area contributed by atoms with Crippen molar-refractivity contribution in [2.24, 2.45) is 0 Å². The lowest BCUT2D eigenvalue weighted by Crippen LogP contribution is -2.30. The van der Waals surface area contributed by atoms with Crippen LogP contribution in [0.25, 0.3) is 6.08 Å². The predicted molar refractivity (Wildman–Crippen MR) is 166 cm³/mol. The fourth-order valence-electron chi connectivity index (χ4n) is 3.76. The van der Waals surface area contributed by atoms with Crippen LogP contribution in [0.3, 0.4) is 0 Å². The van der Waals surface area contributed by atoms with Crippen LogP contribution in [0, 0.1) is 5.82 Å². The summed E-state index contributed by atoms with van der Waals surface area (Å²) in [4.78, 5) is 39.9. The number of nitrogens with one attached hydrogen (secondary N) is 3. The second kappa shape index (κ2) is 14.4. The Kier molecular flexibility index (Phi) is 10.5. The molecule has 3 amide bonds. The molecule has 0 fully saturated rings. The first-order valence-electron chi connectivity index (χ1n) is 12.8. The monoisotopic (exact) mass is 631 g/mol. The van der Waals surface area contributed by atoms with E-state index in [0.29, 0.717) is 23.4 Å². The predicted octanol–water partition coefficient (Wildman–Crippen LogP) is 7.51. The van der Waals surface area contributed by atoms with Crippen LogP contribution in [-0.4, -0.2) is 23.0 Å². The lowest BCUT2D eigenvalue weighted by molar-refractivity contribution is -0.116. The molecule has 3 N–H and O–H groups in total. The number of anilines is 2. The number of benzene rings is 4. The summed E-state index contributed by atoms with van der Waals surface area (Å²) in [6, 6.07) is 28.7. The van der Waals surface area contributed by atoms with Gasteiger partial charge in [-0.2, -0.15) is 0 Å². The van der Waals surface area contributed by atoms with Crippen molar-refractivity contribution < 1.29 is 18.8 Å². The largest absolute Gasteiger partial charge is 0.325 e. The zero-order chi connectivity index (χ0) is 29.2. The van der Waals surface area contributed by atoms with Gasteiger partial charge in [0.05, 0.1) is 5.25 Å². The number of rotatable bonds is 10. The van der Waals surface area contributed by atoms with Gasteiger partial charge < -0.3 is 16.0 Å². The maximum atomic E-state index is 13.4. The molecule has 0 aliphatic rings. The zero-order valence-electron chi connectivity index (χ0n) is 22.1. The second-order valence-electron chi connectivity index (χ2n) is 8.92. The lowest BCUT2D eigenvalue weighted by atomic mass is 10.1. The number of halogens is 2. The van der Waals surface area contributed by atoms with E-state index in [0.717, 1.165) is 14.9 Å². The molecule has 0 spiro atoms. The molecular formula is C32H27BrFN3O3S. The van der Waals surface area contributed by atoms with Crippen LogP contribution in [0.2, 0.25) is 0 Å². The third-order valence-electron chi connectivity index (χ3n) is 5.86. The second-order valence-corrected chi connectivity index (χ2v) is 11.1. The SMILES string of the molecule is CCC(Sc1cccc(NC(=O)/C(=C/c2ccc(Br)cc2)NC(=O)c2ccccc2)c1)C(=O)Nc1ccc(F)cc1. The van der Waals surface area contributed by atoms with Crippen molar-refractivity contribution >= 4 is 62.9 Å². The number of amides is 3. The minimum Gasteiger partial charge on any atom is -0.325 e. The van der Waals surface area contributed by atoms with Crippen molar-refractivity contribution in [3.05, 3.63) is 130 Å². The van der Waals surface area contributed by atoms with Crippen molar-refractivity contribution in [3.63, 3.8) is 0 Å². The Balaban J connectivity index is 1.49. The molecule has 0 aliphatic heterocycles. The van der Waals surface area contributed by atoms with E-state index < -0.39 is 17.1 Å².